The van der Waals surface area contributed by atoms with Gasteiger partial charge in [-0.15, -0.1) is 12.4 Å². The summed E-state index contributed by atoms with van der Waals surface area (Å²) < 4.78 is 7.77. The molecule has 2 heterocycles. The van der Waals surface area contributed by atoms with E-state index in [2.05, 4.69) is 25.3 Å². The van der Waals surface area contributed by atoms with Crippen molar-refractivity contribution in [1.82, 2.24) is 14.7 Å². The number of aryl methyl sites for hydroxylation is 1. The van der Waals surface area contributed by atoms with Gasteiger partial charge in [0.1, 0.15) is 12.4 Å². The third kappa shape index (κ3) is 6.73. The summed E-state index contributed by atoms with van der Waals surface area (Å²) in [5.74, 6) is 2.11. The Bertz CT molecular complexity index is 926. The molecule has 1 aliphatic rings. The van der Waals surface area contributed by atoms with Gasteiger partial charge in [-0.3, -0.25) is 19.3 Å². The van der Waals surface area contributed by atoms with Gasteiger partial charge in [0.15, 0.2) is 5.82 Å². The fourth-order valence-corrected chi connectivity index (χ4v) is 3.79. The van der Waals surface area contributed by atoms with Gasteiger partial charge in [-0.25, -0.2) is 0 Å². The maximum absolute atomic E-state index is 12.7. The molecule has 8 heteroatoms. The Morgan fingerprint density at radius 1 is 1.29 bits per heavy atom. The van der Waals surface area contributed by atoms with E-state index in [-0.39, 0.29) is 18.3 Å². The molecule has 0 aliphatic carbocycles. The van der Waals surface area contributed by atoms with E-state index in [9.17, 15) is 4.79 Å². The number of nitrogens with zero attached hydrogens (tertiary/aromatic N) is 4. The molecule has 0 atom stereocenters. The molecule has 1 aromatic heterocycles. The highest BCUT2D eigenvalue weighted by atomic mass is 35.5. The molecule has 0 unspecified atom stereocenters. The number of benzene rings is 1. The van der Waals surface area contributed by atoms with Crippen LogP contribution in [-0.2, 0) is 11.3 Å². The van der Waals surface area contributed by atoms with Crippen LogP contribution in [0.2, 0.25) is 5.02 Å². The standard InChI is InChI=1S/C23H31ClN4O2.ClH/c1-16(2)12-26-8-9-27(23(29)14-26)22-10-18(5)28(25-22)13-19-11-20(24)6-7-21(19)30-15-17(3)4;/h6-7,10-11,16H,3,8-9,12-15H2,1-2,4-5H3;1H. The average molecular weight is 467 g/mol. The van der Waals surface area contributed by atoms with E-state index in [4.69, 9.17) is 21.4 Å². The van der Waals surface area contributed by atoms with Crippen molar-refractivity contribution in [3.05, 3.63) is 52.7 Å². The van der Waals surface area contributed by atoms with Crippen molar-refractivity contribution in [2.45, 2.75) is 34.2 Å². The van der Waals surface area contributed by atoms with Gasteiger partial charge in [0.05, 0.1) is 13.1 Å². The third-order valence-electron chi connectivity index (χ3n) is 4.98. The maximum Gasteiger partial charge on any atom is 0.242 e. The van der Waals surface area contributed by atoms with Crippen LogP contribution in [0.5, 0.6) is 5.75 Å². The predicted octanol–water partition coefficient (Wildman–Crippen LogP) is 4.57. The van der Waals surface area contributed by atoms with Crippen LogP contribution in [0.25, 0.3) is 0 Å². The molecule has 1 fully saturated rings. The van der Waals surface area contributed by atoms with E-state index < -0.39 is 0 Å². The minimum atomic E-state index is 0. The zero-order chi connectivity index (χ0) is 21.8. The van der Waals surface area contributed by atoms with Crippen molar-refractivity contribution in [1.29, 1.82) is 0 Å². The second kappa shape index (κ2) is 11.0. The zero-order valence-electron chi connectivity index (χ0n) is 18.7. The molecule has 170 valence electrons. The summed E-state index contributed by atoms with van der Waals surface area (Å²) in [7, 11) is 0. The van der Waals surface area contributed by atoms with Gasteiger partial charge in [0.25, 0.3) is 0 Å². The highest BCUT2D eigenvalue weighted by molar-refractivity contribution is 6.30. The van der Waals surface area contributed by atoms with E-state index in [0.29, 0.717) is 43.0 Å². The van der Waals surface area contributed by atoms with Crippen molar-refractivity contribution in [2.24, 2.45) is 5.92 Å². The molecule has 3 rings (SSSR count). The highest BCUT2D eigenvalue weighted by Crippen LogP contribution is 2.26. The summed E-state index contributed by atoms with van der Waals surface area (Å²) in [4.78, 5) is 16.7. The van der Waals surface area contributed by atoms with E-state index in [0.717, 1.165) is 35.7 Å². The lowest BCUT2D eigenvalue weighted by atomic mass is 10.2. The van der Waals surface area contributed by atoms with Crippen LogP contribution in [0, 0.1) is 12.8 Å². The molecule has 0 radical (unpaired) electrons. The van der Waals surface area contributed by atoms with Gasteiger partial charge in [-0.1, -0.05) is 32.0 Å². The lowest BCUT2D eigenvalue weighted by molar-refractivity contribution is -0.121. The normalized spacial score (nSPS) is 14.6. The Morgan fingerprint density at radius 3 is 2.68 bits per heavy atom. The van der Waals surface area contributed by atoms with E-state index in [1.807, 2.05) is 42.8 Å². The number of anilines is 1. The van der Waals surface area contributed by atoms with E-state index >= 15 is 0 Å². The smallest absolute Gasteiger partial charge is 0.242 e. The summed E-state index contributed by atoms with van der Waals surface area (Å²) in [5, 5.41) is 5.37. The van der Waals surface area contributed by atoms with Crippen molar-refractivity contribution in [2.75, 3.05) is 37.7 Å². The zero-order valence-corrected chi connectivity index (χ0v) is 20.3. The second-order valence-corrected chi connectivity index (χ2v) is 8.91. The highest BCUT2D eigenvalue weighted by Gasteiger charge is 2.27. The maximum atomic E-state index is 12.7. The van der Waals surface area contributed by atoms with Gasteiger partial charge < -0.3 is 4.74 Å². The first-order chi connectivity index (χ1) is 14.2. The Hall–Kier alpha value is -2.02. The van der Waals surface area contributed by atoms with E-state index in [1.165, 1.54) is 0 Å². The van der Waals surface area contributed by atoms with E-state index in [1.54, 1.807) is 4.90 Å². The summed E-state index contributed by atoms with van der Waals surface area (Å²) in [6, 6.07) is 7.55. The van der Waals surface area contributed by atoms with Gasteiger partial charge >= 0.3 is 0 Å². The van der Waals surface area contributed by atoms with Crippen LogP contribution in [0.3, 0.4) is 0 Å². The summed E-state index contributed by atoms with van der Waals surface area (Å²) >= 11 is 6.22. The first kappa shape index (κ1) is 25.2. The predicted molar refractivity (Wildman–Crippen MR) is 129 cm³/mol. The molecule has 0 saturated carbocycles. The molecule has 0 spiro atoms. The number of rotatable bonds is 8. The van der Waals surface area contributed by atoms with Crippen molar-refractivity contribution in [3.63, 3.8) is 0 Å². The molecular formula is C23H32Cl2N4O2. The van der Waals surface area contributed by atoms with Gasteiger partial charge in [-0.2, -0.15) is 5.10 Å². The van der Waals surface area contributed by atoms with Crippen molar-refractivity contribution in [3.8, 4) is 5.75 Å². The average Bonchev–Trinajstić information content (AvgIpc) is 3.00. The molecule has 6 nitrogen and oxygen atoms in total. The molecule has 0 bridgehead atoms. The van der Waals surface area contributed by atoms with Gasteiger partial charge in [-0.05, 0) is 43.5 Å². The number of aromatic nitrogens is 2. The number of piperazine rings is 1. The van der Waals surface area contributed by atoms with Crippen LogP contribution in [0.1, 0.15) is 32.0 Å². The molecule has 0 N–H and O–H groups in total. The topological polar surface area (TPSA) is 50.6 Å². The largest absolute Gasteiger partial charge is 0.489 e. The minimum absolute atomic E-state index is 0. The lowest BCUT2D eigenvalue weighted by Crippen LogP contribution is -2.51. The van der Waals surface area contributed by atoms with Gasteiger partial charge in [0.2, 0.25) is 5.91 Å². The quantitative estimate of drug-likeness (QED) is 0.534. The van der Waals surface area contributed by atoms with Gasteiger partial charge in [0, 0.05) is 42.0 Å². The molecule has 1 aliphatic heterocycles. The minimum Gasteiger partial charge on any atom is -0.489 e. The number of carbonyl (C=O) groups is 1. The summed E-state index contributed by atoms with van der Waals surface area (Å²) in [5.41, 5.74) is 2.87. The third-order valence-corrected chi connectivity index (χ3v) is 5.22. The number of ether oxygens (including phenoxy) is 1. The van der Waals surface area contributed by atoms with Crippen LogP contribution >= 0.6 is 24.0 Å². The lowest BCUT2D eigenvalue weighted by Gasteiger charge is -2.33. The number of hydrogen-bond donors (Lipinski definition) is 0. The number of halogens is 2. The number of carbonyl (C=O) groups excluding carboxylic acids is 1. The molecule has 2 aromatic rings. The number of amides is 1. The van der Waals surface area contributed by atoms with Crippen molar-refractivity contribution < 1.29 is 9.53 Å². The number of hydrogen-bond acceptors (Lipinski definition) is 4. The monoisotopic (exact) mass is 466 g/mol. The van der Waals surface area contributed by atoms with Crippen LogP contribution in [0.15, 0.2) is 36.4 Å². The molecule has 1 amide bonds. The molecule has 1 aromatic carbocycles. The van der Waals surface area contributed by atoms with Crippen molar-refractivity contribution >= 4 is 35.7 Å². The SMILES string of the molecule is C=C(C)COc1ccc(Cl)cc1Cn1nc(N2CCN(CC(C)C)CC2=O)cc1C.Cl. The first-order valence-electron chi connectivity index (χ1n) is 10.4. The molecule has 1 saturated heterocycles. The first-order valence-corrected chi connectivity index (χ1v) is 10.7. The Balaban J connectivity index is 0.00000341. The Labute approximate surface area is 196 Å². The molecule has 31 heavy (non-hydrogen) atoms. The fraction of sp³-hybridized carbons (Fsp3) is 0.478. The summed E-state index contributed by atoms with van der Waals surface area (Å²) in [6.07, 6.45) is 0. The van der Waals surface area contributed by atoms with Crippen LogP contribution < -0.4 is 9.64 Å². The second-order valence-electron chi connectivity index (χ2n) is 8.47. The van der Waals surface area contributed by atoms with Crippen LogP contribution in [-0.4, -0.2) is 53.4 Å². The molecular weight excluding hydrogens is 435 g/mol. The Kier molecular flexibility index (Phi) is 8.98. The van der Waals surface area contributed by atoms with Crippen LogP contribution in [0.4, 0.5) is 5.82 Å². The summed E-state index contributed by atoms with van der Waals surface area (Å²) in [6.45, 7) is 16.0. The fourth-order valence-electron chi connectivity index (χ4n) is 3.60. The Morgan fingerprint density at radius 2 is 2.03 bits per heavy atom.